The summed E-state index contributed by atoms with van der Waals surface area (Å²) in [6.45, 7) is 9.38. The summed E-state index contributed by atoms with van der Waals surface area (Å²) in [5.74, 6) is 2.41. The average molecular weight is 360 g/mol. The molecule has 142 valence electrons. The molecule has 6 heteroatoms. The van der Waals surface area contributed by atoms with Crippen LogP contribution in [0.2, 0.25) is 0 Å². The van der Waals surface area contributed by atoms with Crippen LogP contribution in [-0.2, 0) is 16.0 Å². The molecule has 1 aromatic rings. The van der Waals surface area contributed by atoms with E-state index in [4.69, 9.17) is 18.9 Å². The van der Waals surface area contributed by atoms with Gasteiger partial charge in [0.15, 0.2) is 11.5 Å². The monoisotopic (exact) mass is 360 g/mol. The van der Waals surface area contributed by atoms with Crippen molar-refractivity contribution in [2.75, 3.05) is 59.3 Å². The molecule has 0 unspecified atom stereocenters. The second-order valence-corrected chi connectivity index (χ2v) is 8.14. The molecule has 1 aromatic carbocycles. The van der Waals surface area contributed by atoms with Crippen LogP contribution >= 0.6 is 0 Å². The van der Waals surface area contributed by atoms with Crippen LogP contribution in [-0.4, -0.2) is 74.7 Å². The quantitative estimate of drug-likeness (QED) is 0.815. The Balaban J connectivity index is 1.08. The van der Waals surface area contributed by atoms with Crippen LogP contribution in [0.1, 0.15) is 18.4 Å². The smallest absolute Gasteiger partial charge is 0.231 e. The summed E-state index contributed by atoms with van der Waals surface area (Å²) >= 11 is 0. The van der Waals surface area contributed by atoms with Gasteiger partial charge in [-0.3, -0.25) is 9.80 Å². The number of fused-ring (bicyclic) bond motifs is 1. The highest BCUT2D eigenvalue weighted by atomic mass is 16.7. The second kappa shape index (κ2) is 7.00. The minimum Gasteiger partial charge on any atom is -0.454 e. The predicted octanol–water partition coefficient (Wildman–Crippen LogP) is 1.73. The molecule has 1 atom stereocenters. The number of likely N-dealkylation sites (tertiary alicyclic amines) is 1. The van der Waals surface area contributed by atoms with Crippen LogP contribution < -0.4 is 9.47 Å². The van der Waals surface area contributed by atoms with Gasteiger partial charge in [0.2, 0.25) is 6.79 Å². The van der Waals surface area contributed by atoms with E-state index in [9.17, 15) is 0 Å². The van der Waals surface area contributed by atoms with Gasteiger partial charge >= 0.3 is 0 Å². The Morgan fingerprint density at radius 3 is 2.69 bits per heavy atom. The molecular formula is C20H28N2O4. The van der Waals surface area contributed by atoms with E-state index in [1.54, 1.807) is 0 Å². The molecule has 5 rings (SSSR count). The van der Waals surface area contributed by atoms with Crippen LogP contribution in [0.25, 0.3) is 0 Å². The number of morpholine rings is 1. The highest BCUT2D eigenvalue weighted by Gasteiger charge is 2.46. The zero-order valence-electron chi connectivity index (χ0n) is 15.3. The van der Waals surface area contributed by atoms with Crippen molar-refractivity contribution in [2.24, 2.45) is 5.92 Å². The van der Waals surface area contributed by atoms with Crippen molar-refractivity contribution in [3.05, 3.63) is 23.8 Å². The number of hydrogen-bond donors (Lipinski definition) is 0. The maximum absolute atomic E-state index is 6.35. The fourth-order valence-electron chi connectivity index (χ4n) is 4.64. The van der Waals surface area contributed by atoms with Gasteiger partial charge in [-0.1, -0.05) is 6.07 Å². The van der Waals surface area contributed by atoms with Crippen LogP contribution in [0.5, 0.6) is 11.5 Å². The van der Waals surface area contributed by atoms with Gasteiger partial charge in [0.25, 0.3) is 0 Å². The molecular weight excluding hydrogens is 332 g/mol. The third-order valence-corrected chi connectivity index (χ3v) is 6.12. The van der Waals surface area contributed by atoms with E-state index in [2.05, 4.69) is 21.9 Å². The molecule has 3 saturated heterocycles. The largest absolute Gasteiger partial charge is 0.454 e. The van der Waals surface area contributed by atoms with E-state index >= 15 is 0 Å². The molecule has 0 N–H and O–H groups in total. The minimum atomic E-state index is 0.109. The molecule has 1 spiro atoms. The first kappa shape index (κ1) is 16.8. The Hall–Kier alpha value is -1.34. The van der Waals surface area contributed by atoms with E-state index in [1.165, 1.54) is 24.9 Å². The van der Waals surface area contributed by atoms with Crippen molar-refractivity contribution < 1.29 is 18.9 Å². The van der Waals surface area contributed by atoms with Crippen molar-refractivity contribution in [1.82, 2.24) is 9.80 Å². The van der Waals surface area contributed by atoms with E-state index in [-0.39, 0.29) is 5.60 Å². The van der Waals surface area contributed by atoms with Gasteiger partial charge in [0.05, 0.1) is 25.4 Å². The Kier molecular flexibility index (Phi) is 4.52. The summed E-state index contributed by atoms with van der Waals surface area (Å²) in [7, 11) is 0. The first-order valence-corrected chi connectivity index (χ1v) is 9.83. The Morgan fingerprint density at radius 2 is 1.88 bits per heavy atom. The molecule has 6 nitrogen and oxygen atoms in total. The van der Waals surface area contributed by atoms with Crippen molar-refractivity contribution in [2.45, 2.75) is 25.0 Å². The van der Waals surface area contributed by atoms with Gasteiger partial charge in [-0.2, -0.15) is 0 Å². The highest BCUT2D eigenvalue weighted by Crippen LogP contribution is 2.38. The van der Waals surface area contributed by atoms with Gasteiger partial charge in [0, 0.05) is 39.3 Å². The molecule has 0 radical (unpaired) electrons. The first-order chi connectivity index (χ1) is 12.8. The van der Waals surface area contributed by atoms with E-state index in [0.29, 0.717) is 12.7 Å². The van der Waals surface area contributed by atoms with Crippen molar-refractivity contribution in [3.8, 4) is 11.5 Å². The van der Waals surface area contributed by atoms with Crippen molar-refractivity contribution >= 4 is 0 Å². The maximum atomic E-state index is 6.35. The summed E-state index contributed by atoms with van der Waals surface area (Å²) in [5, 5.41) is 0. The number of benzene rings is 1. The lowest BCUT2D eigenvalue weighted by atomic mass is 9.82. The third kappa shape index (κ3) is 3.43. The van der Waals surface area contributed by atoms with Gasteiger partial charge in [-0.05, 0) is 36.5 Å². The summed E-state index contributed by atoms with van der Waals surface area (Å²) in [5.41, 5.74) is 1.39. The maximum Gasteiger partial charge on any atom is 0.231 e. The molecule has 0 aromatic heterocycles. The molecule has 4 aliphatic rings. The fraction of sp³-hybridized carbons (Fsp3) is 0.700. The lowest BCUT2D eigenvalue weighted by molar-refractivity contribution is -0.184. The van der Waals surface area contributed by atoms with Crippen LogP contribution in [0.15, 0.2) is 18.2 Å². The molecule has 4 heterocycles. The Labute approximate surface area is 154 Å². The average Bonchev–Trinajstić information content (AvgIpc) is 3.11. The summed E-state index contributed by atoms with van der Waals surface area (Å²) in [6.07, 6.45) is 2.48. The van der Waals surface area contributed by atoms with Crippen LogP contribution in [0.4, 0.5) is 0 Å². The molecule has 0 aliphatic carbocycles. The zero-order valence-corrected chi connectivity index (χ0v) is 15.3. The minimum absolute atomic E-state index is 0.109. The van der Waals surface area contributed by atoms with Crippen LogP contribution in [0.3, 0.4) is 0 Å². The summed E-state index contributed by atoms with van der Waals surface area (Å²) in [4.78, 5) is 5.00. The summed E-state index contributed by atoms with van der Waals surface area (Å²) in [6, 6.07) is 6.26. The van der Waals surface area contributed by atoms with Gasteiger partial charge < -0.3 is 18.9 Å². The first-order valence-electron chi connectivity index (χ1n) is 9.83. The second-order valence-electron chi connectivity index (χ2n) is 8.14. The van der Waals surface area contributed by atoms with Gasteiger partial charge in [-0.25, -0.2) is 0 Å². The molecule has 26 heavy (non-hydrogen) atoms. The summed E-state index contributed by atoms with van der Waals surface area (Å²) < 4.78 is 22.7. The number of hydrogen-bond acceptors (Lipinski definition) is 6. The topological polar surface area (TPSA) is 43.4 Å². The lowest BCUT2D eigenvalue weighted by Gasteiger charge is -2.53. The molecule has 3 fully saturated rings. The highest BCUT2D eigenvalue weighted by molar-refractivity contribution is 5.44. The normalized spacial score (nSPS) is 28.2. The van der Waals surface area contributed by atoms with Crippen molar-refractivity contribution in [1.29, 1.82) is 0 Å². The molecule has 0 bridgehead atoms. The van der Waals surface area contributed by atoms with E-state index < -0.39 is 0 Å². The molecule has 4 aliphatic heterocycles. The Bertz CT molecular complexity index is 631. The molecule has 0 amide bonds. The van der Waals surface area contributed by atoms with Gasteiger partial charge in [-0.15, -0.1) is 0 Å². The SMILES string of the molecule is c1cc2c(cc1CN1CC3(CC[C@H](CN4CCOCC4)CO3)C1)OCO2. The molecule has 0 saturated carbocycles. The van der Waals surface area contributed by atoms with E-state index in [1.807, 2.05) is 6.07 Å². The number of rotatable bonds is 4. The zero-order chi connectivity index (χ0) is 17.4. The standard InChI is InChI=1S/C20H28N2O4/c1-2-18-19(25-15-24-18)9-16(1)10-22-13-20(14-22)4-3-17(12-26-20)11-21-5-7-23-8-6-21/h1-2,9,17H,3-8,10-15H2/t17-/m1/s1. The number of ether oxygens (including phenoxy) is 4. The Morgan fingerprint density at radius 1 is 1.04 bits per heavy atom. The van der Waals surface area contributed by atoms with E-state index in [0.717, 1.165) is 64.0 Å². The van der Waals surface area contributed by atoms with Crippen molar-refractivity contribution in [3.63, 3.8) is 0 Å². The number of nitrogens with zero attached hydrogens (tertiary/aromatic N) is 2. The van der Waals surface area contributed by atoms with Gasteiger partial charge in [0.1, 0.15) is 0 Å². The fourth-order valence-corrected chi connectivity index (χ4v) is 4.64. The van der Waals surface area contributed by atoms with Crippen LogP contribution in [0, 0.1) is 5.92 Å². The predicted molar refractivity (Wildman–Crippen MR) is 96.5 cm³/mol. The third-order valence-electron chi connectivity index (χ3n) is 6.12. The lowest BCUT2D eigenvalue weighted by Crippen LogP contribution is -2.64.